The molecule has 0 radical (unpaired) electrons. The molecule has 0 N–H and O–H groups in total. The number of halogens is 1. The fraction of sp³-hybridized carbons (Fsp3) is 0.333. The Labute approximate surface area is 97.5 Å². The van der Waals surface area contributed by atoms with Crippen molar-refractivity contribution in [3.05, 3.63) is 40.6 Å². The molecule has 0 aliphatic heterocycles. The summed E-state index contributed by atoms with van der Waals surface area (Å²) in [5, 5.41) is 4.29. The highest BCUT2D eigenvalue weighted by atomic mass is 79.9. The highest BCUT2D eigenvalue weighted by Gasteiger charge is 2.07. The van der Waals surface area contributed by atoms with Gasteiger partial charge >= 0.3 is 0 Å². The van der Waals surface area contributed by atoms with Gasteiger partial charge in [-0.05, 0) is 47.6 Å². The van der Waals surface area contributed by atoms with Gasteiger partial charge in [0.15, 0.2) is 0 Å². The van der Waals surface area contributed by atoms with Crippen molar-refractivity contribution in [3.8, 4) is 0 Å². The van der Waals surface area contributed by atoms with Crippen LogP contribution in [-0.2, 0) is 0 Å². The smallest absolute Gasteiger partial charge is 0.0222 e. The molecule has 0 fully saturated rings. The van der Waals surface area contributed by atoms with Crippen molar-refractivity contribution in [2.45, 2.75) is 19.3 Å². The van der Waals surface area contributed by atoms with E-state index in [0.717, 1.165) is 0 Å². The molecule has 1 unspecified atom stereocenters. The van der Waals surface area contributed by atoms with E-state index < -0.39 is 0 Å². The number of thiophene rings is 1. The maximum absolute atomic E-state index is 3.63. The third-order valence-corrected chi connectivity index (χ3v) is 3.85. The average Bonchev–Trinajstić information content (AvgIpc) is 2.72. The molecule has 2 rings (SSSR count). The molecule has 1 heterocycles. The highest BCUT2D eigenvalue weighted by molar-refractivity contribution is 9.15. The molecule has 0 spiro atoms. The lowest BCUT2D eigenvalue weighted by atomic mass is 9.95. The molecule has 74 valence electrons. The zero-order chi connectivity index (χ0) is 9.80. The summed E-state index contributed by atoms with van der Waals surface area (Å²) in [6.45, 7) is 0. The topological polar surface area (TPSA) is 0 Å². The van der Waals surface area contributed by atoms with Gasteiger partial charge in [-0.25, -0.2) is 0 Å². The average molecular weight is 269 g/mol. The molecule has 1 aliphatic rings. The van der Waals surface area contributed by atoms with Gasteiger partial charge in [0.2, 0.25) is 0 Å². The third-order valence-electron chi connectivity index (χ3n) is 2.45. The van der Waals surface area contributed by atoms with Crippen molar-refractivity contribution in [2.75, 3.05) is 0 Å². The summed E-state index contributed by atoms with van der Waals surface area (Å²) in [6.07, 6.45) is 10.8. The fourth-order valence-corrected chi connectivity index (χ4v) is 3.06. The van der Waals surface area contributed by atoms with Gasteiger partial charge in [0.05, 0.1) is 0 Å². The molecule has 1 aliphatic carbocycles. The summed E-state index contributed by atoms with van der Waals surface area (Å²) in [7, 11) is 0. The fourth-order valence-electron chi connectivity index (χ4n) is 1.66. The molecule has 0 saturated carbocycles. The van der Waals surface area contributed by atoms with E-state index in [4.69, 9.17) is 0 Å². The Hall–Kier alpha value is -0.340. The van der Waals surface area contributed by atoms with Crippen molar-refractivity contribution in [1.82, 2.24) is 0 Å². The Morgan fingerprint density at radius 1 is 1.57 bits per heavy atom. The van der Waals surface area contributed by atoms with Crippen LogP contribution in [0, 0.1) is 5.92 Å². The second kappa shape index (κ2) is 4.94. The van der Waals surface area contributed by atoms with Crippen LogP contribution >= 0.6 is 27.3 Å². The van der Waals surface area contributed by atoms with Crippen LogP contribution in [0.1, 0.15) is 24.8 Å². The molecule has 2 heteroatoms. The highest BCUT2D eigenvalue weighted by Crippen LogP contribution is 2.28. The van der Waals surface area contributed by atoms with E-state index in [0.29, 0.717) is 5.92 Å². The first-order chi connectivity index (χ1) is 6.86. The largest absolute Gasteiger partial charge is 0.152 e. The van der Waals surface area contributed by atoms with E-state index in [2.05, 4.69) is 51.0 Å². The Morgan fingerprint density at radius 2 is 2.50 bits per heavy atom. The first kappa shape index (κ1) is 10.2. The Bertz CT molecular complexity index is 335. The van der Waals surface area contributed by atoms with Crippen LogP contribution in [-0.4, -0.2) is 0 Å². The third kappa shape index (κ3) is 2.58. The van der Waals surface area contributed by atoms with Crippen LogP contribution in [0.25, 0.3) is 4.48 Å². The van der Waals surface area contributed by atoms with Gasteiger partial charge in [0, 0.05) is 4.48 Å². The van der Waals surface area contributed by atoms with E-state index in [-0.39, 0.29) is 0 Å². The number of hydrogen-bond donors (Lipinski definition) is 0. The van der Waals surface area contributed by atoms with Crippen LogP contribution in [0.4, 0.5) is 0 Å². The second-order valence-electron chi connectivity index (χ2n) is 3.55. The zero-order valence-corrected chi connectivity index (χ0v) is 10.4. The van der Waals surface area contributed by atoms with Gasteiger partial charge in [-0.1, -0.05) is 34.2 Å². The lowest BCUT2D eigenvalue weighted by molar-refractivity contribution is 0.632. The summed E-state index contributed by atoms with van der Waals surface area (Å²) >= 11 is 5.38. The van der Waals surface area contributed by atoms with E-state index in [1.54, 1.807) is 11.3 Å². The first-order valence-electron chi connectivity index (χ1n) is 4.93. The van der Waals surface area contributed by atoms with Crippen molar-refractivity contribution in [1.29, 1.82) is 0 Å². The van der Waals surface area contributed by atoms with Gasteiger partial charge in [-0.3, -0.25) is 0 Å². The van der Waals surface area contributed by atoms with Crippen molar-refractivity contribution in [2.24, 2.45) is 5.92 Å². The minimum absolute atomic E-state index is 0.623. The quantitative estimate of drug-likeness (QED) is 0.674. The minimum atomic E-state index is 0.623. The number of allylic oxidation sites excluding steroid dienone is 3. The Kier molecular flexibility index (Phi) is 3.60. The van der Waals surface area contributed by atoms with Crippen molar-refractivity contribution < 1.29 is 0 Å². The number of hydrogen-bond acceptors (Lipinski definition) is 1. The van der Waals surface area contributed by atoms with Crippen LogP contribution in [0.15, 0.2) is 35.1 Å². The maximum atomic E-state index is 3.63. The predicted octanol–water partition coefficient (Wildman–Crippen LogP) is 4.84. The normalized spacial score (nSPS) is 22.6. The molecular formula is C12H13BrS. The monoisotopic (exact) mass is 268 g/mol. The van der Waals surface area contributed by atoms with Crippen molar-refractivity contribution in [3.63, 3.8) is 0 Å². The van der Waals surface area contributed by atoms with E-state index in [1.807, 2.05) is 0 Å². The molecule has 1 aromatic rings. The minimum Gasteiger partial charge on any atom is -0.152 e. The lowest BCUT2D eigenvalue weighted by Gasteiger charge is -2.12. The molecule has 1 aromatic heterocycles. The van der Waals surface area contributed by atoms with E-state index in [9.17, 15) is 0 Å². The second-order valence-corrected chi connectivity index (χ2v) is 5.18. The first-order valence-corrected chi connectivity index (χ1v) is 6.66. The van der Waals surface area contributed by atoms with Crippen LogP contribution < -0.4 is 0 Å². The molecular weight excluding hydrogens is 256 g/mol. The van der Waals surface area contributed by atoms with E-state index >= 15 is 0 Å². The Morgan fingerprint density at radius 3 is 3.14 bits per heavy atom. The maximum Gasteiger partial charge on any atom is 0.0222 e. The molecule has 0 saturated heterocycles. The van der Waals surface area contributed by atoms with Gasteiger partial charge < -0.3 is 0 Å². The van der Waals surface area contributed by atoms with Crippen molar-refractivity contribution >= 4 is 31.7 Å². The summed E-state index contributed by atoms with van der Waals surface area (Å²) in [6, 6.07) is 2.15. The Balaban J connectivity index is 2.10. The molecule has 1 atom stereocenters. The lowest BCUT2D eigenvalue weighted by Crippen LogP contribution is -1.96. The summed E-state index contributed by atoms with van der Waals surface area (Å²) in [4.78, 5) is 0. The molecule has 0 amide bonds. The summed E-state index contributed by atoms with van der Waals surface area (Å²) in [5.74, 6) is 0.623. The van der Waals surface area contributed by atoms with Gasteiger partial charge in [0.1, 0.15) is 0 Å². The molecule has 0 bridgehead atoms. The van der Waals surface area contributed by atoms with Crippen LogP contribution in [0.2, 0.25) is 0 Å². The standard InChI is InChI=1S/C12H13BrS/c13-12(11-6-7-14-9-11)8-10-4-2-1-3-5-10/h2,4,6-10H,1,3,5H2/b12-8+. The predicted molar refractivity (Wildman–Crippen MR) is 67.7 cm³/mol. The van der Waals surface area contributed by atoms with Gasteiger partial charge in [-0.15, -0.1) is 0 Å². The SMILES string of the molecule is Br/C(=C/C1C=CCCC1)c1ccsc1. The number of rotatable bonds is 2. The summed E-state index contributed by atoms with van der Waals surface area (Å²) < 4.78 is 1.23. The zero-order valence-electron chi connectivity index (χ0n) is 7.95. The molecule has 14 heavy (non-hydrogen) atoms. The van der Waals surface area contributed by atoms with E-state index in [1.165, 1.54) is 29.3 Å². The molecule has 0 aromatic carbocycles. The van der Waals surface area contributed by atoms with Crippen LogP contribution in [0.3, 0.4) is 0 Å². The van der Waals surface area contributed by atoms with Gasteiger partial charge in [-0.2, -0.15) is 11.3 Å². The molecule has 0 nitrogen and oxygen atoms in total. The summed E-state index contributed by atoms with van der Waals surface area (Å²) in [5.41, 5.74) is 1.30. The van der Waals surface area contributed by atoms with Crippen LogP contribution in [0.5, 0.6) is 0 Å². The van der Waals surface area contributed by atoms with Gasteiger partial charge in [0.25, 0.3) is 0 Å².